The molecule has 3 aromatic rings. The Morgan fingerprint density at radius 3 is 2.64 bits per heavy atom. The van der Waals surface area contributed by atoms with E-state index in [9.17, 15) is 15.2 Å². The van der Waals surface area contributed by atoms with Crippen molar-refractivity contribution < 1.29 is 9.90 Å². The van der Waals surface area contributed by atoms with Crippen LogP contribution in [0.2, 0.25) is 0 Å². The van der Waals surface area contributed by atoms with Gasteiger partial charge < -0.3 is 9.67 Å². The second-order valence-corrected chi connectivity index (χ2v) is 5.40. The lowest BCUT2D eigenvalue weighted by Gasteiger charge is -2.21. The van der Waals surface area contributed by atoms with E-state index in [1.165, 1.54) is 6.33 Å². The number of nitrogens with zero attached hydrogens (tertiary/aromatic N) is 4. The van der Waals surface area contributed by atoms with Gasteiger partial charge >= 0.3 is 5.97 Å². The highest BCUT2D eigenvalue weighted by Gasteiger charge is 2.26. The number of fused-ring (bicyclic) bond motifs is 1. The number of benzene rings is 2. The summed E-state index contributed by atoms with van der Waals surface area (Å²) in [6.45, 7) is 3.69. The lowest BCUT2D eigenvalue weighted by atomic mass is 9.95. The summed E-state index contributed by atoms with van der Waals surface area (Å²) >= 11 is 0. The SMILES string of the molecule is C=C(C(=O)O)C(c1ccccc1C#N)n1cnc2cc(C#N)ccc21. The second kappa shape index (κ2) is 6.31. The van der Waals surface area contributed by atoms with Crippen LogP contribution in [0.3, 0.4) is 0 Å². The van der Waals surface area contributed by atoms with Gasteiger partial charge in [-0.15, -0.1) is 0 Å². The zero-order valence-electron chi connectivity index (χ0n) is 13.0. The molecule has 1 aromatic heterocycles. The van der Waals surface area contributed by atoms with Gasteiger partial charge in [-0.05, 0) is 29.8 Å². The van der Waals surface area contributed by atoms with Crippen molar-refractivity contribution in [2.45, 2.75) is 6.04 Å². The number of imidazole rings is 1. The summed E-state index contributed by atoms with van der Waals surface area (Å²) in [7, 11) is 0. The van der Waals surface area contributed by atoms with Crippen LogP contribution in [-0.2, 0) is 4.79 Å². The molecule has 6 nitrogen and oxygen atoms in total. The average Bonchev–Trinajstić information content (AvgIpc) is 3.05. The number of hydrogen-bond donors (Lipinski definition) is 1. The molecule has 0 fully saturated rings. The summed E-state index contributed by atoms with van der Waals surface area (Å²) < 4.78 is 1.66. The maximum atomic E-state index is 11.6. The first-order chi connectivity index (χ1) is 12.1. The summed E-state index contributed by atoms with van der Waals surface area (Å²) in [4.78, 5) is 15.9. The van der Waals surface area contributed by atoms with E-state index in [4.69, 9.17) is 5.26 Å². The minimum Gasteiger partial charge on any atom is -0.478 e. The molecule has 0 aliphatic heterocycles. The number of carboxylic acid groups (broad SMARTS) is 1. The van der Waals surface area contributed by atoms with Crippen LogP contribution in [0.1, 0.15) is 22.7 Å². The third-order valence-corrected chi connectivity index (χ3v) is 3.96. The van der Waals surface area contributed by atoms with E-state index in [1.54, 1.807) is 47.0 Å². The first-order valence-corrected chi connectivity index (χ1v) is 7.34. The molecule has 0 saturated heterocycles. The van der Waals surface area contributed by atoms with Gasteiger partial charge in [-0.3, -0.25) is 0 Å². The summed E-state index contributed by atoms with van der Waals surface area (Å²) in [5.74, 6) is -1.16. The molecule has 0 aliphatic rings. The molecular weight excluding hydrogens is 316 g/mol. The Balaban J connectivity index is 2.27. The molecular formula is C19H12N4O2. The van der Waals surface area contributed by atoms with Crippen molar-refractivity contribution in [1.29, 1.82) is 10.5 Å². The van der Waals surface area contributed by atoms with E-state index in [-0.39, 0.29) is 5.57 Å². The Labute approximate surface area is 143 Å². The predicted molar refractivity (Wildman–Crippen MR) is 90.5 cm³/mol. The molecule has 3 rings (SSSR count). The molecule has 0 amide bonds. The van der Waals surface area contributed by atoms with E-state index in [1.807, 2.05) is 6.07 Å². The largest absolute Gasteiger partial charge is 0.478 e. The van der Waals surface area contributed by atoms with E-state index in [2.05, 4.69) is 17.6 Å². The highest BCUT2D eigenvalue weighted by atomic mass is 16.4. The van der Waals surface area contributed by atoms with Crippen molar-refractivity contribution in [1.82, 2.24) is 9.55 Å². The molecule has 25 heavy (non-hydrogen) atoms. The smallest absolute Gasteiger partial charge is 0.333 e. The standard InChI is InChI=1S/C19H12N4O2/c1-12(19(24)25)18(15-5-3-2-4-14(15)10-21)23-11-22-16-8-13(9-20)6-7-17(16)23/h2-8,11,18H,1H2,(H,24,25). The number of carbonyl (C=O) groups is 1. The van der Waals surface area contributed by atoms with Crippen LogP contribution in [0, 0.1) is 22.7 Å². The highest BCUT2D eigenvalue weighted by Crippen LogP contribution is 2.31. The maximum Gasteiger partial charge on any atom is 0.333 e. The second-order valence-electron chi connectivity index (χ2n) is 5.40. The van der Waals surface area contributed by atoms with Gasteiger partial charge in [-0.2, -0.15) is 10.5 Å². The van der Waals surface area contributed by atoms with Crippen molar-refractivity contribution in [3.8, 4) is 12.1 Å². The number of rotatable bonds is 4. The number of aliphatic carboxylic acids is 1. The molecule has 2 aromatic carbocycles. The maximum absolute atomic E-state index is 11.6. The van der Waals surface area contributed by atoms with Crippen LogP contribution in [0.5, 0.6) is 0 Å². The fraction of sp³-hybridized carbons (Fsp3) is 0.0526. The van der Waals surface area contributed by atoms with Crippen molar-refractivity contribution >= 4 is 17.0 Å². The van der Waals surface area contributed by atoms with E-state index in [0.29, 0.717) is 27.7 Å². The summed E-state index contributed by atoms with van der Waals surface area (Å²) in [6.07, 6.45) is 1.50. The Morgan fingerprint density at radius 1 is 1.20 bits per heavy atom. The molecule has 1 N–H and O–H groups in total. The minimum absolute atomic E-state index is 0.0774. The summed E-state index contributed by atoms with van der Waals surface area (Å²) in [5.41, 5.74) is 2.50. The fourth-order valence-corrected chi connectivity index (χ4v) is 2.77. The zero-order chi connectivity index (χ0) is 18.0. The van der Waals surface area contributed by atoms with E-state index < -0.39 is 12.0 Å². The van der Waals surface area contributed by atoms with Gasteiger partial charge in [-0.25, -0.2) is 9.78 Å². The van der Waals surface area contributed by atoms with Crippen LogP contribution >= 0.6 is 0 Å². The van der Waals surface area contributed by atoms with Crippen LogP contribution < -0.4 is 0 Å². The average molecular weight is 328 g/mol. The van der Waals surface area contributed by atoms with Crippen molar-refractivity contribution in [2.24, 2.45) is 0 Å². The van der Waals surface area contributed by atoms with Crippen molar-refractivity contribution in [3.63, 3.8) is 0 Å². The molecule has 1 unspecified atom stereocenters. The third kappa shape index (κ3) is 2.73. The quantitative estimate of drug-likeness (QED) is 0.742. The fourth-order valence-electron chi connectivity index (χ4n) is 2.77. The van der Waals surface area contributed by atoms with Crippen LogP contribution in [-0.4, -0.2) is 20.6 Å². The Morgan fingerprint density at radius 2 is 1.96 bits per heavy atom. The van der Waals surface area contributed by atoms with Gasteiger partial charge in [0.15, 0.2) is 0 Å². The minimum atomic E-state index is -1.16. The lowest BCUT2D eigenvalue weighted by Crippen LogP contribution is -2.18. The van der Waals surface area contributed by atoms with Gasteiger partial charge in [0, 0.05) is 0 Å². The molecule has 1 heterocycles. The Kier molecular flexibility index (Phi) is 4.03. The number of nitriles is 2. The first-order valence-electron chi connectivity index (χ1n) is 7.34. The van der Waals surface area contributed by atoms with Gasteiger partial charge in [0.25, 0.3) is 0 Å². The zero-order valence-corrected chi connectivity index (χ0v) is 13.0. The van der Waals surface area contributed by atoms with Crippen LogP contribution in [0.4, 0.5) is 0 Å². The Bertz CT molecular complexity index is 1080. The first kappa shape index (κ1) is 16.0. The normalized spacial score (nSPS) is 11.4. The summed E-state index contributed by atoms with van der Waals surface area (Å²) in [6, 6.07) is 15.1. The topological polar surface area (TPSA) is 103 Å². The van der Waals surface area contributed by atoms with E-state index in [0.717, 1.165) is 0 Å². The number of carboxylic acids is 1. The van der Waals surface area contributed by atoms with Crippen LogP contribution in [0.25, 0.3) is 11.0 Å². The molecule has 120 valence electrons. The molecule has 0 aliphatic carbocycles. The Hall–Kier alpha value is -3.90. The van der Waals surface area contributed by atoms with Crippen molar-refractivity contribution in [2.75, 3.05) is 0 Å². The van der Waals surface area contributed by atoms with Gasteiger partial charge in [0.1, 0.15) is 0 Å². The van der Waals surface area contributed by atoms with Gasteiger partial charge in [-0.1, -0.05) is 24.8 Å². The highest BCUT2D eigenvalue weighted by molar-refractivity contribution is 5.89. The van der Waals surface area contributed by atoms with E-state index >= 15 is 0 Å². The third-order valence-electron chi connectivity index (χ3n) is 3.96. The van der Waals surface area contributed by atoms with Gasteiger partial charge in [0.05, 0.1) is 52.2 Å². The number of aromatic nitrogens is 2. The number of hydrogen-bond acceptors (Lipinski definition) is 4. The van der Waals surface area contributed by atoms with Crippen LogP contribution in [0.15, 0.2) is 60.9 Å². The monoisotopic (exact) mass is 328 g/mol. The molecule has 0 saturated carbocycles. The molecule has 0 spiro atoms. The van der Waals surface area contributed by atoms with Crippen molar-refractivity contribution in [3.05, 3.63) is 77.6 Å². The molecule has 1 atom stereocenters. The molecule has 0 bridgehead atoms. The molecule has 6 heteroatoms. The molecule has 0 radical (unpaired) electrons. The lowest BCUT2D eigenvalue weighted by molar-refractivity contribution is -0.133. The summed E-state index contributed by atoms with van der Waals surface area (Å²) in [5, 5.41) is 27.9. The van der Waals surface area contributed by atoms with Gasteiger partial charge in [0.2, 0.25) is 0 Å². The predicted octanol–water partition coefficient (Wildman–Crippen LogP) is 3.01.